The normalized spacial score (nSPS) is 19.4. The molecule has 0 bridgehead atoms. The van der Waals surface area contributed by atoms with Gasteiger partial charge in [0.2, 0.25) is 5.91 Å². The Hall–Kier alpha value is -1.79. The van der Waals surface area contributed by atoms with Gasteiger partial charge in [0, 0.05) is 23.0 Å². The summed E-state index contributed by atoms with van der Waals surface area (Å²) in [7, 11) is 0. The molecule has 6 nitrogen and oxygen atoms in total. The van der Waals surface area contributed by atoms with Gasteiger partial charge in [-0.25, -0.2) is 4.79 Å². The summed E-state index contributed by atoms with van der Waals surface area (Å²) in [6.07, 6.45) is 3.95. The summed E-state index contributed by atoms with van der Waals surface area (Å²) in [6.45, 7) is 2.09. The molecule has 0 unspecified atom stereocenters. The fourth-order valence-corrected chi connectivity index (χ4v) is 4.41. The van der Waals surface area contributed by atoms with Crippen molar-refractivity contribution in [1.29, 1.82) is 0 Å². The molecule has 146 valence electrons. The number of nitrogens with zero attached hydrogens (tertiary/aromatic N) is 1. The minimum absolute atomic E-state index is 0.147. The van der Waals surface area contributed by atoms with E-state index in [1.54, 1.807) is 18.2 Å². The molecule has 0 aromatic heterocycles. The number of carbonyl (C=O) groups excluding carboxylic acids is 3. The van der Waals surface area contributed by atoms with E-state index >= 15 is 0 Å². The average molecular weight is 412 g/mol. The first-order valence-corrected chi connectivity index (χ1v) is 9.96. The summed E-state index contributed by atoms with van der Waals surface area (Å²) < 4.78 is 0. The second-order valence-electron chi connectivity index (χ2n) is 7.23. The molecule has 1 aliphatic heterocycles. The lowest BCUT2D eigenvalue weighted by Crippen LogP contribution is -2.44. The van der Waals surface area contributed by atoms with Gasteiger partial charge < -0.3 is 10.6 Å². The zero-order valence-electron chi connectivity index (χ0n) is 15.2. The Kier molecular flexibility index (Phi) is 5.96. The van der Waals surface area contributed by atoms with Gasteiger partial charge in [0.1, 0.15) is 5.54 Å². The third-order valence-corrected chi connectivity index (χ3v) is 5.86. The van der Waals surface area contributed by atoms with E-state index in [-0.39, 0.29) is 36.9 Å². The molecule has 4 amide bonds. The molecule has 1 saturated heterocycles. The fraction of sp³-hybridized carbons (Fsp3) is 0.526. The van der Waals surface area contributed by atoms with E-state index in [0.29, 0.717) is 29.3 Å². The molecule has 1 aromatic rings. The third-order valence-electron chi connectivity index (χ3n) is 5.30. The van der Waals surface area contributed by atoms with Crippen molar-refractivity contribution in [2.75, 3.05) is 6.54 Å². The number of hydrogen-bond acceptors (Lipinski definition) is 3. The van der Waals surface area contributed by atoms with E-state index in [0.717, 1.165) is 18.4 Å². The highest BCUT2D eigenvalue weighted by Crippen LogP contribution is 2.35. The number of carbonyl (C=O) groups is 3. The minimum Gasteiger partial charge on any atom is -0.350 e. The van der Waals surface area contributed by atoms with E-state index in [9.17, 15) is 14.4 Å². The highest BCUT2D eigenvalue weighted by atomic mass is 35.5. The zero-order chi connectivity index (χ0) is 19.6. The van der Waals surface area contributed by atoms with Crippen molar-refractivity contribution < 1.29 is 14.4 Å². The summed E-state index contributed by atoms with van der Waals surface area (Å²) >= 11 is 12.1. The van der Waals surface area contributed by atoms with E-state index in [2.05, 4.69) is 10.6 Å². The van der Waals surface area contributed by atoms with Crippen molar-refractivity contribution >= 4 is 41.0 Å². The first-order valence-electron chi connectivity index (χ1n) is 9.21. The van der Waals surface area contributed by atoms with E-state index in [1.165, 1.54) is 4.90 Å². The molecular weight excluding hydrogens is 389 g/mol. The number of urea groups is 1. The summed E-state index contributed by atoms with van der Waals surface area (Å²) in [5.74, 6) is -0.303. The molecule has 3 rings (SSSR count). The molecule has 1 heterocycles. The molecular formula is C19H23Cl2N3O3. The summed E-state index contributed by atoms with van der Waals surface area (Å²) in [5.41, 5.74) is 0.0887. The number of hydrogen-bond donors (Lipinski definition) is 2. The molecule has 27 heavy (non-hydrogen) atoms. The van der Waals surface area contributed by atoms with Crippen LogP contribution in [-0.4, -0.2) is 34.8 Å². The van der Waals surface area contributed by atoms with Crippen molar-refractivity contribution in [1.82, 2.24) is 15.5 Å². The van der Waals surface area contributed by atoms with Crippen LogP contribution < -0.4 is 10.6 Å². The van der Waals surface area contributed by atoms with Gasteiger partial charge in [-0.15, -0.1) is 0 Å². The van der Waals surface area contributed by atoms with Crippen molar-refractivity contribution in [3.8, 4) is 0 Å². The van der Waals surface area contributed by atoms with Crippen LogP contribution in [-0.2, 0) is 9.59 Å². The van der Waals surface area contributed by atoms with Crippen LogP contribution in [0.1, 0.15) is 57.1 Å². The van der Waals surface area contributed by atoms with Crippen LogP contribution in [0.15, 0.2) is 18.2 Å². The molecule has 0 radical (unpaired) electrons. The van der Waals surface area contributed by atoms with Crippen LogP contribution in [0.5, 0.6) is 0 Å². The monoisotopic (exact) mass is 411 g/mol. The number of imide groups is 1. The standard InChI is InChI=1S/C19H23Cl2N3O3/c1-12(14-7-6-13(20)11-15(14)21)22-16(25)5-4-10-24-17(26)19(23-18(24)27)8-2-3-9-19/h6-7,11-12H,2-5,8-10H2,1H3,(H,22,25)(H,23,27)/t12-/m0/s1. The van der Waals surface area contributed by atoms with E-state index in [1.807, 2.05) is 6.92 Å². The van der Waals surface area contributed by atoms with Crippen molar-refractivity contribution in [3.63, 3.8) is 0 Å². The van der Waals surface area contributed by atoms with Crippen LogP contribution in [0.3, 0.4) is 0 Å². The maximum Gasteiger partial charge on any atom is 0.325 e. The Morgan fingerprint density at radius 2 is 2.00 bits per heavy atom. The van der Waals surface area contributed by atoms with Gasteiger partial charge in [0.25, 0.3) is 5.91 Å². The van der Waals surface area contributed by atoms with Crippen LogP contribution in [0.4, 0.5) is 4.79 Å². The summed E-state index contributed by atoms with van der Waals surface area (Å²) in [5, 5.41) is 6.76. The van der Waals surface area contributed by atoms with E-state index in [4.69, 9.17) is 23.2 Å². The number of benzene rings is 1. The van der Waals surface area contributed by atoms with Gasteiger partial charge in [-0.1, -0.05) is 42.1 Å². The van der Waals surface area contributed by atoms with Gasteiger partial charge in [0.15, 0.2) is 0 Å². The predicted octanol–water partition coefficient (Wildman–Crippen LogP) is 3.82. The van der Waals surface area contributed by atoms with Crippen LogP contribution in [0.25, 0.3) is 0 Å². The number of nitrogens with one attached hydrogen (secondary N) is 2. The van der Waals surface area contributed by atoms with Gasteiger partial charge in [0.05, 0.1) is 6.04 Å². The predicted molar refractivity (Wildman–Crippen MR) is 104 cm³/mol. The Morgan fingerprint density at radius 3 is 2.67 bits per heavy atom. The first-order chi connectivity index (χ1) is 12.8. The fourth-order valence-electron chi connectivity index (χ4n) is 3.84. The SMILES string of the molecule is C[C@H](NC(=O)CCCN1C(=O)NC2(CCCC2)C1=O)c1ccc(Cl)cc1Cl. The molecule has 1 saturated carbocycles. The van der Waals surface area contributed by atoms with Crippen LogP contribution >= 0.6 is 23.2 Å². The number of amides is 4. The lowest BCUT2D eigenvalue weighted by atomic mass is 9.98. The second kappa shape index (κ2) is 8.07. The topological polar surface area (TPSA) is 78.5 Å². The van der Waals surface area contributed by atoms with Crippen molar-refractivity contribution in [2.45, 2.75) is 57.0 Å². The van der Waals surface area contributed by atoms with E-state index < -0.39 is 5.54 Å². The van der Waals surface area contributed by atoms with Crippen molar-refractivity contribution in [2.24, 2.45) is 0 Å². The Balaban J connectivity index is 1.48. The second-order valence-corrected chi connectivity index (χ2v) is 8.08. The molecule has 2 N–H and O–H groups in total. The van der Waals surface area contributed by atoms with Crippen LogP contribution in [0, 0.1) is 0 Å². The first kappa shape index (κ1) is 20.0. The maximum atomic E-state index is 12.6. The van der Waals surface area contributed by atoms with Crippen LogP contribution in [0.2, 0.25) is 10.0 Å². The molecule has 2 aliphatic rings. The summed E-state index contributed by atoms with van der Waals surface area (Å²) in [6, 6.07) is 4.54. The van der Waals surface area contributed by atoms with Gasteiger partial charge in [-0.05, 0) is 43.9 Å². The smallest absolute Gasteiger partial charge is 0.325 e. The molecule has 1 aromatic carbocycles. The molecule has 1 atom stereocenters. The largest absolute Gasteiger partial charge is 0.350 e. The lowest BCUT2D eigenvalue weighted by molar-refractivity contribution is -0.131. The Labute approximate surface area is 168 Å². The molecule has 2 fully saturated rings. The number of halogens is 2. The third kappa shape index (κ3) is 4.22. The number of rotatable bonds is 6. The molecule has 8 heteroatoms. The zero-order valence-corrected chi connectivity index (χ0v) is 16.7. The average Bonchev–Trinajstić information content (AvgIpc) is 3.15. The maximum absolute atomic E-state index is 12.6. The highest BCUT2D eigenvalue weighted by Gasteiger charge is 2.52. The van der Waals surface area contributed by atoms with Gasteiger partial charge >= 0.3 is 6.03 Å². The quantitative estimate of drug-likeness (QED) is 0.698. The summed E-state index contributed by atoms with van der Waals surface area (Å²) in [4.78, 5) is 38.1. The van der Waals surface area contributed by atoms with Crippen molar-refractivity contribution in [3.05, 3.63) is 33.8 Å². The van der Waals surface area contributed by atoms with Gasteiger partial charge in [-0.2, -0.15) is 0 Å². The lowest BCUT2D eigenvalue weighted by Gasteiger charge is -2.20. The van der Waals surface area contributed by atoms with Gasteiger partial charge in [-0.3, -0.25) is 14.5 Å². The highest BCUT2D eigenvalue weighted by molar-refractivity contribution is 6.35. The Bertz CT molecular complexity index is 763. The minimum atomic E-state index is -0.695. The Morgan fingerprint density at radius 1 is 1.30 bits per heavy atom. The molecule has 1 aliphatic carbocycles. The molecule has 1 spiro atoms.